The number of hydrogen-bond donors (Lipinski definition) is 1. The Kier molecular flexibility index (Phi) is 2.81. The van der Waals surface area contributed by atoms with Crippen LogP contribution in [-0.2, 0) is 0 Å². The average molecular weight is 258 g/mol. The molecule has 98 valence electrons. The Morgan fingerprint density at radius 2 is 2.16 bits per heavy atom. The largest absolute Gasteiger partial charge is 0.478 e. The van der Waals surface area contributed by atoms with Gasteiger partial charge in [0.05, 0.1) is 11.1 Å². The molecule has 0 saturated heterocycles. The van der Waals surface area contributed by atoms with Crippen LogP contribution in [0.5, 0.6) is 0 Å². The van der Waals surface area contributed by atoms with Gasteiger partial charge in [0, 0.05) is 12.1 Å². The number of fused-ring (bicyclic) bond motifs is 1. The van der Waals surface area contributed by atoms with Gasteiger partial charge in [-0.05, 0) is 25.0 Å². The number of carbonyl (C=O) groups is 2. The van der Waals surface area contributed by atoms with Crippen molar-refractivity contribution in [3.8, 4) is 0 Å². The van der Waals surface area contributed by atoms with Gasteiger partial charge in [-0.15, -0.1) is 0 Å². The number of aromatic carboxylic acids is 1. The van der Waals surface area contributed by atoms with Crippen LogP contribution in [-0.4, -0.2) is 26.7 Å². The van der Waals surface area contributed by atoms with Gasteiger partial charge < -0.3 is 9.51 Å². The first kappa shape index (κ1) is 11.9. The summed E-state index contributed by atoms with van der Waals surface area (Å²) < 4.78 is 1.85. The topological polar surface area (TPSA) is 71.7 Å². The molecule has 0 aliphatic heterocycles. The van der Waals surface area contributed by atoms with Crippen LogP contribution < -0.4 is 0 Å². The predicted molar refractivity (Wildman–Crippen MR) is 68.7 cm³/mol. The number of rotatable bonds is 3. The number of aromatic nitrogens is 2. The van der Waals surface area contributed by atoms with Gasteiger partial charge in [-0.3, -0.25) is 4.79 Å². The number of pyridine rings is 1. The van der Waals surface area contributed by atoms with E-state index in [2.05, 4.69) is 4.98 Å². The highest BCUT2D eigenvalue weighted by Crippen LogP contribution is 2.34. The van der Waals surface area contributed by atoms with Crippen molar-refractivity contribution in [2.75, 3.05) is 0 Å². The lowest BCUT2D eigenvalue weighted by atomic mass is 10.1. The normalized spacial score (nSPS) is 16.0. The smallest absolute Gasteiger partial charge is 0.335 e. The molecule has 1 saturated carbocycles. The lowest BCUT2D eigenvalue weighted by molar-refractivity contribution is 0.0696. The Bertz CT molecular complexity index is 654. The highest BCUT2D eigenvalue weighted by Gasteiger charge is 2.23. The number of imidazole rings is 1. The van der Waals surface area contributed by atoms with E-state index in [4.69, 9.17) is 5.11 Å². The summed E-state index contributed by atoms with van der Waals surface area (Å²) in [6.45, 7) is 0. The Morgan fingerprint density at radius 1 is 1.42 bits per heavy atom. The second-order valence-electron chi connectivity index (χ2n) is 4.93. The van der Waals surface area contributed by atoms with E-state index in [9.17, 15) is 9.59 Å². The van der Waals surface area contributed by atoms with E-state index in [0.717, 1.165) is 18.7 Å². The zero-order valence-electron chi connectivity index (χ0n) is 10.4. The average Bonchev–Trinajstić information content (AvgIpc) is 3.04. The molecular formula is C14H14N2O3. The molecule has 2 heterocycles. The zero-order chi connectivity index (χ0) is 13.4. The molecule has 0 unspecified atom stereocenters. The minimum absolute atomic E-state index is 0.175. The van der Waals surface area contributed by atoms with Gasteiger partial charge in [-0.2, -0.15) is 0 Å². The predicted octanol–water partition coefficient (Wildman–Crippen LogP) is 2.50. The van der Waals surface area contributed by atoms with Gasteiger partial charge in [-0.1, -0.05) is 12.8 Å². The number of carboxylic acids is 1. The Hall–Kier alpha value is -2.17. The molecule has 0 bridgehead atoms. The fraction of sp³-hybridized carbons (Fsp3) is 0.357. The van der Waals surface area contributed by atoms with E-state index in [1.165, 1.54) is 18.9 Å². The number of nitrogens with zero attached hydrogens (tertiary/aromatic N) is 2. The number of carbonyl (C=O) groups excluding carboxylic acids is 1. The van der Waals surface area contributed by atoms with Crippen molar-refractivity contribution in [2.45, 2.75) is 31.6 Å². The maximum Gasteiger partial charge on any atom is 0.335 e. The second kappa shape index (κ2) is 4.50. The summed E-state index contributed by atoms with van der Waals surface area (Å²) in [5.74, 6) is 0.256. The summed E-state index contributed by atoms with van der Waals surface area (Å²) in [5, 5.41) is 9.01. The number of hydrogen-bond acceptors (Lipinski definition) is 3. The van der Waals surface area contributed by atoms with Gasteiger partial charge in [0.2, 0.25) is 0 Å². The standard InChI is InChI=1S/C14H14N2O3/c17-8-11-12-7-10(14(18)19)5-6-16(12)13(15-11)9-3-1-2-4-9/h5-9H,1-4H2,(H,18,19). The Morgan fingerprint density at radius 3 is 2.79 bits per heavy atom. The third kappa shape index (κ3) is 1.91. The van der Waals surface area contributed by atoms with E-state index in [-0.39, 0.29) is 5.56 Å². The molecule has 1 N–H and O–H groups in total. The molecule has 0 aromatic carbocycles. The first-order valence-electron chi connectivity index (χ1n) is 6.41. The van der Waals surface area contributed by atoms with Crippen molar-refractivity contribution < 1.29 is 14.7 Å². The molecule has 5 nitrogen and oxygen atoms in total. The second-order valence-corrected chi connectivity index (χ2v) is 4.93. The molecule has 1 aliphatic carbocycles. The summed E-state index contributed by atoms with van der Waals surface area (Å²) in [6, 6.07) is 3.06. The quantitative estimate of drug-likeness (QED) is 0.858. The number of carboxylic acid groups (broad SMARTS) is 1. The van der Waals surface area contributed by atoms with Crippen molar-refractivity contribution >= 4 is 17.8 Å². The molecule has 1 fully saturated rings. The highest BCUT2D eigenvalue weighted by molar-refractivity contribution is 5.92. The van der Waals surface area contributed by atoms with Gasteiger partial charge in [0.1, 0.15) is 11.5 Å². The van der Waals surface area contributed by atoms with Crippen LogP contribution in [0.15, 0.2) is 18.3 Å². The molecular weight excluding hydrogens is 244 g/mol. The van der Waals surface area contributed by atoms with Gasteiger partial charge in [0.15, 0.2) is 6.29 Å². The van der Waals surface area contributed by atoms with Crippen LogP contribution in [0.1, 0.15) is 58.3 Å². The fourth-order valence-corrected chi connectivity index (χ4v) is 2.82. The van der Waals surface area contributed by atoms with Crippen molar-refractivity contribution in [3.05, 3.63) is 35.4 Å². The molecule has 0 spiro atoms. The molecule has 19 heavy (non-hydrogen) atoms. The summed E-state index contributed by atoms with van der Waals surface area (Å²) in [5.41, 5.74) is 1.08. The SMILES string of the molecule is O=Cc1nc(C2CCCC2)n2ccc(C(=O)O)cc12. The Labute approximate surface area is 109 Å². The molecule has 2 aromatic rings. The molecule has 3 rings (SSSR count). The highest BCUT2D eigenvalue weighted by atomic mass is 16.4. The van der Waals surface area contributed by atoms with Crippen LogP contribution in [0.25, 0.3) is 5.52 Å². The van der Waals surface area contributed by atoms with Crippen LogP contribution >= 0.6 is 0 Å². The lowest BCUT2D eigenvalue weighted by Crippen LogP contribution is -2.02. The van der Waals surface area contributed by atoms with Crippen LogP contribution in [0.3, 0.4) is 0 Å². The molecule has 0 radical (unpaired) electrons. The third-order valence-corrected chi connectivity index (χ3v) is 3.78. The lowest BCUT2D eigenvalue weighted by Gasteiger charge is -2.07. The van der Waals surface area contributed by atoms with Crippen LogP contribution in [0, 0.1) is 0 Å². The van der Waals surface area contributed by atoms with E-state index in [0.29, 0.717) is 23.4 Å². The van der Waals surface area contributed by atoms with Crippen LogP contribution in [0.4, 0.5) is 0 Å². The van der Waals surface area contributed by atoms with Crippen molar-refractivity contribution in [3.63, 3.8) is 0 Å². The van der Waals surface area contributed by atoms with E-state index in [1.54, 1.807) is 12.3 Å². The van der Waals surface area contributed by atoms with Crippen molar-refractivity contribution in [1.29, 1.82) is 0 Å². The molecule has 1 aliphatic rings. The molecule has 2 aromatic heterocycles. The maximum absolute atomic E-state index is 11.1. The fourth-order valence-electron chi connectivity index (χ4n) is 2.82. The molecule has 0 atom stereocenters. The summed E-state index contributed by atoms with van der Waals surface area (Å²) >= 11 is 0. The molecule has 0 amide bonds. The van der Waals surface area contributed by atoms with Crippen molar-refractivity contribution in [1.82, 2.24) is 9.38 Å². The monoisotopic (exact) mass is 258 g/mol. The summed E-state index contributed by atoms with van der Waals surface area (Å²) in [6.07, 6.45) is 6.93. The summed E-state index contributed by atoms with van der Waals surface area (Å²) in [4.78, 5) is 26.5. The van der Waals surface area contributed by atoms with Gasteiger partial charge >= 0.3 is 5.97 Å². The Balaban J connectivity index is 2.19. The van der Waals surface area contributed by atoms with E-state index >= 15 is 0 Å². The first-order valence-corrected chi connectivity index (χ1v) is 6.41. The van der Waals surface area contributed by atoms with E-state index < -0.39 is 5.97 Å². The third-order valence-electron chi connectivity index (χ3n) is 3.78. The van der Waals surface area contributed by atoms with Crippen molar-refractivity contribution in [2.24, 2.45) is 0 Å². The first-order chi connectivity index (χ1) is 9.20. The van der Waals surface area contributed by atoms with Gasteiger partial charge in [0.25, 0.3) is 0 Å². The zero-order valence-corrected chi connectivity index (χ0v) is 10.4. The maximum atomic E-state index is 11.1. The number of aldehydes is 1. The van der Waals surface area contributed by atoms with Gasteiger partial charge in [-0.25, -0.2) is 9.78 Å². The summed E-state index contributed by atoms with van der Waals surface area (Å²) in [7, 11) is 0. The minimum Gasteiger partial charge on any atom is -0.478 e. The van der Waals surface area contributed by atoms with Crippen LogP contribution in [0.2, 0.25) is 0 Å². The van der Waals surface area contributed by atoms with E-state index in [1.807, 2.05) is 4.40 Å². The minimum atomic E-state index is -0.997. The molecule has 5 heteroatoms.